The van der Waals surface area contributed by atoms with Gasteiger partial charge in [0.1, 0.15) is 5.75 Å². The summed E-state index contributed by atoms with van der Waals surface area (Å²) >= 11 is 0. The SMILES string of the molecule is COc1ccc(C(O)C(C)NCC2CCCO2)cc1C. The predicted molar refractivity (Wildman–Crippen MR) is 79.1 cm³/mol. The molecular weight excluding hydrogens is 254 g/mol. The van der Waals surface area contributed by atoms with Crippen LogP contribution in [0.25, 0.3) is 0 Å². The largest absolute Gasteiger partial charge is 0.496 e. The normalized spacial score (nSPS) is 21.7. The Kier molecular flexibility index (Phi) is 5.40. The Morgan fingerprint density at radius 1 is 1.50 bits per heavy atom. The molecule has 1 aromatic rings. The Morgan fingerprint density at radius 3 is 2.90 bits per heavy atom. The minimum absolute atomic E-state index is 0.00741. The van der Waals surface area contributed by atoms with Crippen LogP contribution in [0, 0.1) is 6.92 Å². The summed E-state index contributed by atoms with van der Waals surface area (Å²) in [6.07, 6.45) is 2.02. The Labute approximate surface area is 121 Å². The number of hydrogen-bond acceptors (Lipinski definition) is 4. The minimum atomic E-state index is -0.527. The van der Waals surface area contributed by atoms with Crippen LogP contribution in [0.2, 0.25) is 0 Å². The monoisotopic (exact) mass is 279 g/mol. The zero-order valence-corrected chi connectivity index (χ0v) is 12.6. The van der Waals surface area contributed by atoms with Crippen LogP contribution in [0.5, 0.6) is 5.75 Å². The predicted octanol–water partition coefficient (Wildman–Crippen LogP) is 2.19. The smallest absolute Gasteiger partial charge is 0.121 e. The third-order valence-corrected chi connectivity index (χ3v) is 3.93. The number of aryl methyl sites for hydroxylation is 1. The highest BCUT2D eigenvalue weighted by molar-refractivity contribution is 5.37. The average Bonchev–Trinajstić information content (AvgIpc) is 2.97. The molecule has 0 bridgehead atoms. The molecule has 4 heteroatoms. The van der Waals surface area contributed by atoms with E-state index in [1.165, 1.54) is 0 Å². The third-order valence-electron chi connectivity index (χ3n) is 3.93. The topological polar surface area (TPSA) is 50.7 Å². The lowest BCUT2D eigenvalue weighted by molar-refractivity contribution is 0.0910. The van der Waals surface area contributed by atoms with Gasteiger partial charge < -0.3 is 19.9 Å². The van der Waals surface area contributed by atoms with Crippen molar-refractivity contribution in [1.29, 1.82) is 0 Å². The standard InChI is InChI=1S/C16H25NO3/c1-11-9-13(6-7-15(11)19-3)16(18)12(2)17-10-14-5-4-8-20-14/h6-7,9,12,14,16-18H,4-5,8,10H2,1-3H3. The Hall–Kier alpha value is -1.10. The summed E-state index contributed by atoms with van der Waals surface area (Å²) in [6.45, 7) is 5.65. The van der Waals surface area contributed by atoms with E-state index >= 15 is 0 Å². The first-order valence-corrected chi connectivity index (χ1v) is 7.29. The van der Waals surface area contributed by atoms with Crippen molar-refractivity contribution in [3.8, 4) is 5.75 Å². The van der Waals surface area contributed by atoms with E-state index in [0.29, 0.717) is 6.10 Å². The van der Waals surface area contributed by atoms with Gasteiger partial charge in [0.25, 0.3) is 0 Å². The van der Waals surface area contributed by atoms with E-state index in [1.54, 1.807) is 7.11 Å². The Balaban J connectivity index is 1.91. The van der Waals surface area contributed by atoms with Crippen LogP contribution < -0.4 is 10.1 Å². The minimum Gasteiger partial charge on any atom is -0.496 e. The number of hydrogen-bond donors (Lipinski definition) is 2. The molecule has 1 aromatic carbocycles. The number of methoxy groups -OCH3 is 1. The van der Waals surface area contributed by atoms with Gasteiger partial charge in [-0.25, -0.2) is 0 Å². The maximum absolute atomic E-state index is 10.4. The summed E-state index contributed by atoms with van der Waals surface area (Å²) in [4.78, 5) is 0. The van der Waals surface area contributed by atoms with Gasteiger partial charge in [-0.2, -0.15) is 0 Å². The molecule has 3 unspecified atom stereocenters. The molecule has 2 rings (SSSR count). The highest BCUT2D eigenvalue weighted by Gasteiger charge is 2.20. The zero-order chi connectivity index (χ0) is 14.5. The van der Waals surface area contributed by atoms with E-state index < -0.39 is 6.10 Å². The molecule has 112 valence electrons. The van der Waals surface area contributed by atoms with Crippen molar-refractivity contribution < 1.29 is 14.6 Å². The number of ether oxygens (including phenoxy) is 2. The fourth-order valence-electron chi connectivity index (χ4n) is 2.61. The van der Waals surface area contributed by atoms with Gasteiger partial charge in [-0.3, -0.25) is 0 Å². The molecule has 20 heavy (non-hydrogen) atoms. The summed E-state index contributed by atoms with van der Waals surface area (Å²) in [7, 11) is 1.66. The van der Waals surface area contributed by atoms with Crippen molar-refractivity contribution in [2.45, 2.75) is 44.9 Å². The van der Waals surface area contributed by atoms with Crippen molar-refractivity contribution in [3.05, 3.63) is 29.3 Å². The third kappa shape index (κ3) is 3.72. The molecule has 0 amide bonds. The molecule has 0 aromatic heterocycles. The van der Waals surface area contributed by atoms with Gasteiger partial charge in [0.2, 0.25) is 0 Å². The molecule has 1 saturated heterocycles. The molecular formula is C16H25NO3. The van der Waals surface area contributed by atoms with Gasteiger partial charge in [0.05, 0.1) is 19.3 Å². The summed E-state index contributed by atoms with van der Waals surface area (Å²) in [5, 5.41) is 13.8. The van der Waals surface area contributed by atoms with Crippen molar-refractivity contribution in [1.82, 2.24) is 5.32 Å². The van der Waals surface area contributed by atoms with Crippen LogP contribution in [-0.2, 0) is 4.74 Å². The molecule has 0 spiro atoms. The first-order chi connectivity index (χ1) is 9.61. The lowest BCUT2D eigenvalue weighted by Crippen LogP contribution is -2.37. The number of benzene rings is 1. The van der Waals surface area contributed by atoms with E-state index in [4.69, 9.17) is 9.47 Å². The summed E-state index contributed by atoms with van der Waals surface area (Å²) in [6, 6.07) is 5.79. The van der Waals surface area contributed by atoms with Gasteiger partial charge in [-0.05, 0) is 49.9 Å². The molecule has 1 aliphatic heterocycles. The molecule has 1 aliphatic rings. The first-order valence-electron chi connectivity index (χ1n) is 7.29. The molecule has 0 saturated carbocycles. The van der Waals surface area contributed by atoms with E-state index in [9.17, 15) is 5.11 Å². The van der Waals surface area contributed by atoms with Gasteiger partial charge >= 0.3 is 0 Å². The lowest BCUT2D eigenvalue weighted by atomic mass is 10.0. The van der Waals surface area contributed by atoms with Gasteiger partial charge in [0, 0.05) is 19.2 Å². The Bertz CT molecular complexity index is 430. The summed E-state index contributed by atoms with van der Waals surface area (Å²) in [5.74, 6) is 0.848. The van der Waals surface area contributed by atoms with E-state index in [-0.39, 0.29) is 6.04 Å². The fourth-order valence-corrected chi connectivity index (χ4v) is 2.61. The zero-order valence-electron chi connectivity index (χ0n) is 12.6. The van der Waals surface area contributed by atoms with Gasteiger partial charge in [-0.1, -0.05) is 6.07 Å². The summed E-state index contributed by atoms with van der Waals surface area (Å²) in [5.41, 5.74) is 1.95. The fraction of sp³-hybridized carbons (Fsp3) is 0.625. The number of aliphatic hydroxyl groups is 1. The van der Waals surface area contributed by atoms with Crippen LogP contribution in [0.3, 0.4) is 0 Å². The second-order valence-corrected chi connectivity index (χ2v) is 5.51. The number of aliphatic hydroxyl groups excluding tert-OH is 1. The maximum Gasteiger partial charge on any atom is 0.121 e. The van der Waals surface area contributed by atoms with Gasteiger partial charge in [0.15, 0.2) is 0 Å². The van der Waals surface area contributed by atoms with E-state index in [1.807, 2.05) is 32.0 Å². The van der Waals surface area contributed by atoms with E-state index in [0.717, 1.165) is 42.9 Å². The second kappa shape index (κ2) is 7.07. The summed E-state index contributed by atoms with van der Waals surface area (Å²) < 4.78 is 10.8. The van der Waals surface area contributed by atoms with Crippen molar-refractivity contribution in [2.75, 3.05) is 20.3 Å². The lowest BCUT2D eigenvalue weighted by Gasteiger charge is -2.23. The molecule has 0 radical (unpaired) electrons. The average molecular weight is 279 g/mol. The molecule has 2 N–H and O–H groups in total. The van der Waals surface area contributed by atoms with Crippen molar-refractivity contribution in [3.63, 3.8) is 0 Å². The van der Waals surface area contributed by atoms with Crippen molar-refractivity contribution >= 4 is 0 Å². The van der Waals surface area contributed by atoms with Crippen LogP contribution in [0.15, 0.2) is 18.2 Å². The first kappa shape index (κ1) is 15.3. The number of rotatable bonds is 6. The highest BCUT2D eigenvalue weighted by atomic mass is 16.5. The molecule has 4 nitrogen and oxygen atoms in total. The second-order valence-electron chi connectivity index (χ2n) is 5.51. The highest BCUT2D eigenvalue weighted by Crippen LogP contribution is 2.24. The number of nitrogens with one attached hydrogen (secondary N) is 1. The molecule has 0 aliphatic carbocycles. The van der Waals surface area contributed by atoms with Crippen LogP contribution >= 0.6 is 0 Å². The molecule has 3 atom stereocenters. The van der Waals surface area contributed by atoms with Crippen LogP contribution in [0.4, 0.5) is 0 Å². The maximum atomic E-state index is 10.4. The molecule has 1 heterocycles. The Morgan fingerprint density at radius 2 is 2.30 bits per heavy atom. The van der Waals surface area contributed by atoms with Crippen LogP contribution in [0.1, 0.15) is 37.0 Å². The van der Waals surface area contributed by atoms with Crippen LogP contribution in [-0.4, -0.2) is 37.5 Å². The molecule has 1 fully saturated rings. The van der Waals surface area contributed by atoms with Crippen molar-refractivity contribution in [2.24, 2.45) is 0 Å². The quantitative estimate of drug-likeness (QED) is 0.838. The van der Waals surface area contributed by atoms with Gasteiger partial charge in [-0.15, -0.1) is 0 Å². The van der Waals surface area contributed by atoms with E-state index in [2.05, 4.69) is 5.32 Å².